The summed E-state index contributed by atoms with van der Waals surface area (Å²) in [5.41, 5.74) is 0.704. The van der Waals surface area contributed by atoms with Crippen molar-refractivity contribution in [3.05, 3.63) is 72.6 Å². The van der Waals surface area contributed by atoms with Crippen LogP contribution < -0.4 is 4.57 Å². The Morgan fingerprint density at radius 1 is 0.938 bits per heavy atom. The fraction of sp³-hybridized carbons (Fsp3) is 0. The summed E-state index contributed by atoms with van der Waals surface area (Å²) in [5.74, 6) is 0.0111. The number of nitrogens with zero attached hydrogens (tertiary/aromatic N) is 1. The highest BCUT2D eigenvalue weighted by Crippen LogP contribution is 2.00. The molecule has 78 valence electrons. The quantitative estimate of drug-likeness (QED) is 0.432. The number of aromatic nitrogens is 1. The Hall–Kier alpha value is -2.22. The summed E-state index contributed by atoms with van der Waals surface area (Å²) >= 11 is 0. The molecule has 0 bridgehead atoms. The van der Waals surface area contributed by atoms with E-state index in [1.165, 1.54) is 0 Å². The molecule has 0 aliphatic heterocycles. The van der Waals surface area contributed by atoms with E-state index in [0.717, 1.165) is 0 Å². The van der Waals surface area contributed by atoms with Gasteiger partial charge in [0.2, 0.25) is 0 Å². The third kappa shape index (κ3) is 2.64. The first-order chi connectivity index (χ1) is 7.86. The van der Waals surface area contributed by atoms with Gasteiger partial charge in [0.25, 0.3) is 0 Å². The molecule has 0 spiro atoms. The zero-order valence-electron chi connectivity index (χ0n) is 8.78. The third-order valence-electron chi connectivity index (χ3n) is 2.19. The van der Waals surface area contributed by atoms with Crippen molar-refractivity contribution in [1.29, 1.82) is 0 Å². The normalized spacial score (nSPS) is 10.5. The molecule has 0 N–H and O–H groups in total. The first-order valence-corrected chi connectivity index (χ1v) is 5.09. The minimum Gasteiger partial charge on any atom is -0.289 e. The molecule has 0 fully saturated rings. The van der Waals surface area contributed by atoms with Crippen LogP contribution in [0.15, 0.2) is 67.0 Å². The Balaban J connectivity index is 2.12. The highest BCUT2D eigenvalue weighted by molar-refractivity contribution is 6.05. The second-order valence-electron chi connectivity index (χ2n) is 3.37. The summed E-state index contributed by atoms with van der Waals surface area (Å²) in [7, 11) is 0. The maximum Gasteiger partial charge on any atom is 0.191 e. The molecule has 16 heavy (non-hydrogen) atoms. The number of ketones is 1. The Kier molecular flexibility index (Phi) is 3.24. The van der Waals surface area contributed by atoms with Crippen LogP contribution in [0, 0.1) is 0 Å². The molecular formula is C14H12NO+. The van der Waals surface area contributed by atoms with Crippen LogP contribution in [0.4, 0.5) is 0 Å². The molecule has 0 unspecified atom stereocenters. The number of hydrogen-bond donors (Lipinski definition) is 0. The number of rotatable bonds is 3. The van der Waals surface area contributed by atoms with Gasteiger partial charge in [0, 0.05) is 17.7 Å². The van der Waals surface area contributed by atoms with Crippen LogP contribution >= 0.6 is 0 Å². The van der Waals surface area contributed by atoms with Crippen molar-refractivity contribution in [2.24, 2.45) is 0 Å². The molecule has 1 aromatic carbocycles. The Bertz CT molecular complexity index is 489. The van der Waals surface area contributed by atoms with Gasteiger partial charge < -0.3 is 0 Å². The zero-order valence-corrected chi connectivity index (χ0v) is 8.78. The lowest BCUT2D eigenvalue weighted by Crippen LogP contribution is -2.23. The number of pyridine rings is 1. The maximum atomic E-state index is 11.7. The predicted octanol–water partition coefficient (Wildman–Crippen LogP) is 2.33. The monoisotopic (exact) mass is 210 g/mol. The molecule has 0 saturated carbocycles. The van der Waals surface area contributed by atoms with Crippen LogP contribution in [0.25, 0.3) is 6.20 Å². The second kappa shape index (κ2) is 5.03. The van der Waals surface area contributed by atoms with Crippen molar-refractivity contribution in [3.63, 3.8) is 0 Å². The molecule has 1 aromatic heterocycles. The molecule has 2 rings (SSSR count). The van der Waals surface area contributed by atoms with E-state index in [0.29, 0.717) is 5.56 Å². The molecule has 0 atom stereocenters. The van der Waals surface area contributed by atoms with Gasteiger partial charge in [-0.1, -0.05) is 36.4 Å². The summed E-state index contributed by atoms with van der Waals surface area (Å²) in [6.45, 7) is 0. The van der Waals surface area contributed by atoms with Crippen molar-refractivity contribution >= 4 is 12.0 Å². The van der Waals surface area contributed by atoms with Crippen molar-refractivity contribution in [2.45, 2.75) is 0 Å². The Labute approximate surface area is 94.5 Å². The molecule has 0 saturated heterocycles. The second-order valence-corrected chi connectivity index (χ2v) is 3.37. The van der Waals surface area contributed by atoms with Crippen LogP contribution in [-0.4, -0.2) is 5.78 Å². The standard InChI is InChI=1S/C14H12NO/c16-14(13-7-3-1-4-8-13)9-12-15-10-5-2-6-11-15/h1-12H/q+1/b12-9+. The summed E-state index contributed by atoms with van der Waals surface area (Å²) in [6, 6.07) is 15.0. The van der Waals surface area contributed by atoms with Crippen molar-refractivity contribution < 1.29 is 9.36 Å². The van der Waals surface area contributed by atoms with E-state index in [2.05, 4.69) is 0 Å². The summed E-state index contributed by atoms with van der Waals surface area (Å²) < 4.78 is 1.83. The minimum atomic E-state index is 0.0111. The van der Waals surface area contributed by atoms with Gasteiger partial charge in [-0.3, -0.25) is 4.79 Å². The maximum absolute atomic E-state index is 11.7. The van der Waals surface area contributed by atoms with E-state index < -0.39 is 0 Å². The summed E-state index contributed by atoms with van der Waals surface area (Å²) in [4.78, 5) is 11.7. The molecule has 0 aliphatic rings. The minimum absolute atomic E-state index is 0.0111. The largest absolute Gasteiger partial charge is 0.289 e. The number of carbonyl (C=O) groups is 1. The third-order valence-corrected chi connectivity index (χ3v) is 2.19. The average molecular weight is 210 g/mol. The summed E-state index contributed by atoms with van der Waals surface area (Å²) in [5, 5.41) is 0. The summed E-state index contributed by atoms with van der Waals surface area (Å²) in [6.07, 6.45) is 7.08. The van der Waals surface area contributed by atoms with E-state index in [1.54, 1.807) is 12.3 Å². The molecular weight excluding hydrogens is 198 g/mol. The average Bonchev–Trinajstić information content (AvgIpc) is 2.38. The fourth-order valence-corrected chi connectivity index (χ4v) is 1.36. The molecule has 0 amide bonds. The van der Waals surface area contributed by atoms with Crippen molar-refractivity contribution in [3.8, 4) is 0 Å². The van der Waals surface area contributed by atoms with Gasteiger partial charge >= 0.3 is 0 Å². The molecule has 2 heteroatoms. The lowest BCUT2D eigenvalue weighted by molar-refractivity contribution is -0.568. The van der Waals surface area contributed by atoms with Crippen molar-refractivity contribution in [2.75, 3.05) is 0 Å². The van der Waals surface area contributed by atoms with Crippen LogP contribution in [0.5, 0.6) is 0 Å². The Morgan fingerprint density at radius 3 is 2.25 bits per heavy atom. The highest BCUT2D eigenvalue weighted by Gasteiger charge is 2.01. The van der Waals surface area contributed by atoms with Gasteiger partial charge in [-0.2, -0.15) is 4.57 Å². The number of benzene rings is 1. The van der Waals surface area contributed by atoms with Crippen molar-refractivity contribution in [1.82, 2.24) is 0 Å². The SMILES string of the molecule is O=C(/C=C/[n+]1ccccc1)c1ccccc1. The van der Waals surface area contributed by atoms with E-state index in [9.17, 15) is 4.79 Å². The number of carbonyl (C=O) groups excluding carboxylic acids is 1. The van der Waals surface area contributed by atoms with Gasteiger partial charge in [-0.05, 0) is 0 Å². The van der Waals surface area contributed by atoms with Crippen LogP contribution in [-0.2, 0) is 0 Å². The lowest BCUT2D eigenvalue weighted by Gasteiger charge is -1.92. The smallest absolute Gasteiger partial charge is 0.191 e. The van der Waals surface area contributed by atoms with Crippen LogP contribution in [0.3, 0.4) is 0 Å². The van der Waals surface area contributed by atoms with Gasteiger partial charge in [-0.15, -0.1) is 0 Å². The number of hydrogen-bond acceptors (Lipinski definition) is 1. The van der Waals surface area contributed by atoms with E-state index in [4.69, 9.17) is 0 Å². The molecule has 0 aliphatic carbocycles. The van der Waals surface area contributed by atoms with E-state index in [1.807, 2.05) is 65.5 Å². The van der Waals surface area contributed by atoms with E-state index >= 15 is 0 Å². The van der Waals surface area contributed by atoms with Gasteiger partial charge in [0.1, 0.15) is 0 Å². The van der Waals surface area contributed by atoms with Gasteiger partial charge in [0.15, 0.2) is 24.4 Å². The van der Waals surface area contributed by atoms with Crippen LogP contribution in [0.2, 0.25) is 0 Å². The topological polar surface area (TPSA) is 20.9 Å². The molecule has 2 nitrogen and oxygen atoms in total. The Morgan fingerprint density at radius 2 is 1.56 bits per heavy atom. The van der Waals surface area contributed by atoms with Crippen LogP contribution in [0.1, 0.15) is 10.4 Å². The lowest BCUT2D eigenvalue weighted by atomic mass is 10.1. The highest BCUT2D eigenvalue weighted by atomic mass is 16.1. The predicted molar refractivity (Wildman–Crippen MR) is 62.7 cm³/mol. The molecule has 1 heterocycles. The van der Waals surface area contributed by atoms with Gasteiger partial charge in [0.05, 0.1) is 6.08 Å². The van der Waals surface area contributed by atoms with Gasteiger partial charge in [-0.25, -0.2) is 0 Å². The zero-order chi connectivity index (χ0) is 11.2. The van der Waals surface area contributed by atoms with E-state index in [-0.39, 0.29) is 5.78 Å². The first kappa shape index (κ1) is 10.3. The molecule has 0 radical (unpaired) electrons. The first-order valence-electron chi connectivity index (χ1n) is 5.09. The molecule has 2 aromatic rings. The number of allylic oxidation sites excluding steroid dienone is 1. The fourth-order valence-electron chi connectivity index (χ4n) is 1.36.